The average Bonchev–Trinajstić information content (AvgIpc) is 3.52. The number of hydrogen-bond acceptors (Lipinski definition) is 2. The van der Waals surface area contributed by atoms with Gasteiger partial charge >= 0.3 is 0 Å². The second-order valence-electron chi connectivity index (χ2n) is 17.6. The number of nitrogens with zero attached hydrogens (tertiary/aromatic N) is 2. The van der Waals surface area contributed by atoms with Gasteiger partial charge in [-0.1, -0.05) is 212 Å². The number of aliphatic imine (C=N–C) groups is 1. The summed E-state index contributed by atoms with van der Waals surface area (Å²) < 4.78 is 0.996. The van der Waals surface area contributed by atoms with Crippen LogP contribution in [-0.4, -0.2) is 42.4 Å². The van der Waals surface area contributed by atoms with Crippen LogP contribution >= 0.6 is 0 Å². The lowest BCUT2D eigenvalue weighted by Gasteiger charge is -2.35. The van der Waals surface area contributed by atoms with E-state index in [-0.39, 0.29) is 18.3 Å². The van der Waals surface area contributed by atoms with Crippen molar-refractivity contribution in [1.29, 1.82) is 0 Å². The highest BCUT2D eigenvalue weighted by molar-refractivity contribution is 5.77. The molecule has 2 rings (SSSR count). The quantitative estimate of drug-likeness (QED) is 0.0537. The zero-order chi connectivity index (χ0) is 37.4. The lowest BCUT2D eigenvalue weighted by Crippen LogP contribution is -3.00. The second-order valence-corrected chi connectivity index (χ2v) is 17.6. The zero-order valence-electron chi connectivity index (χ0n) is 35.8. The molecule has 5 heteroatoms. The monoisotopic (exact) mass is 758 g/mol. The van der Waals surface area contributed by atoms with Gasteiger partial charge in [-0.25, -0.2) is 4.99 Å². The van der Waals surface area contributed by atoms with E-state index >= 15 is 0 Å². The van der Waals surface area contributed by atoms with Crippen LogP contribution in [0.15, 0.2) is 35.3 Å². The van der Waals surface area contributed by atoms with E-state index in [1.54, 1.807) is 0 Å². The Kier molecular flexibility index (Phi) is 31.8. The minimum absolute atomic E-state index is 0. The van der Waals surface area contributed by atoms with E-state index in [4.69, 9.17) is 4.99 Å². The molecule has 0 saturated heterocycles. The molecule has 1 aliphatic rings. The van der Waals surface area contributed by atoms with E-state index in [0.717, 1.165) is 68.3 Å². The van der Waals surface area contributed by atoms with Gasteiger partial charge < -0.3 is 17.7 Å². The van der Waals surface area contributed by atoms with Crippen LogP contribution in [0.25, 0.3) is 0 Å². The van der Waals surface area contributed by atoms with Crippen molar-refractivity contribution >= 4 is 11.7 Å². The van der Waals surface area contributed by atoms with Crippen molar-refractivity contribution in [3.63, 3.8) is 0 Å². The highest BCUT2D eigenvalue weighted by atomic mass is 35.5. The summed E-state index contributed by atoms with van der Waals surface area (Å²) in [5, 5.41) is 3.26. The van der Waals surface area contributed by atoms with Gasteiger partial charge in [-0.2, -0.15) is 0 Å². The fourth-order valence-electron chi connectivity index (χ4n) is 8.30. The first-order valence-corrected chi connectivity index (χ1v) is 23.1. The molecule has 0 aromatic heterocycles. The minimum atomic E-state index is 0. The molecule has 0 fully saturated rings. The fraction of sp³-hybridized carbons (Fsp3) is 0.833. The molecular weight excluding hydrogens is 670 g/mol. The SMILES string of the molecule is CC(C)CCCCCCCCCCCCCCC(=O)NCCC[N+]1(Cc2ccccc2)CCN=C1CCCCCCCCCCCCCCC(C)C.[Cl-]. The van der Waals surface area contributed by atoms with Crippen LogP contribution in [0.3, 0.4) is 0 Å². The third-order valence-corrected chi connectivity index (χ3v) is 11.7. The number of carbonyl (C=O) groups excluding carboxylic acids is 1. The maximum Gasteiger partial charge on any atom is 0.219 e. The predicted molar refractivity (Wildman–Crippen MR) is 229 cm³/mol. The Morgan fingerprint density at radius 1 is 0.604 bits per heavy atom. The number of benzene rings is 1. The standard InChI is InChI=1S/C48H87N3O.ClH/c1-44(2)33-26-21-17-13-9-5-7-11-15-19-23-30-37-47-49-40-42-51(47,43-46-35-28-25-29-36-46)41-32-39-50-48(52)38-31-24-20-16-12-8-6-10-14-18-22-27-34-45(3)4;/h25,28-29,35-36,44-45H,5-24,26-27,30-34,37-43H2,1-4H3;1H. The van der Waals surface area contributed by atoms with E-state index in [2.05, 4.69) is 63.3 Å². The Labute approximate surface area is 336 Å². The largest absolute Gasteiger partial charge is 1.00 e. The number of amides is 1. The smallest absolute Gasteiger partial charge is 0.219 e. The van der Waals surface area contributed by atoms with E-state index in [9.17, 15) is 4.79 Å². The van der Waals surface area contributed by atoms with Crippen molar-refractivity contribution in [2.75, 3.05) is 26.2 Å². The first-order valence-electron chi connectivity index (χ1n) is 23.1. The molecule has 1 unspecified atom stereocenters. The summed E-state index contributed by atoms with van der Waals surface area (Å²) in [5.41, 5.74) is 1.41. The van der Waals surface area contributed by atoms with Gasteiger partial charge in [0.25, 0.3) is 0 Å². The van der Waals surface area contributed by atoms with Gasteiger partial charge in [-0.15, -0.1) is 0 Å². The van der Waals surface area contributed by atoms with Crippen LogP contribution in [0.2, 0.25) is 0 Å². The maximum atomic E-state index is 12.6. The predicted octanol–water partition coefficient (Wildman–Crippen LogP) is 11.2. The molecule has 1 aliphatic heterocycles. The molecule has 0 spiro atoms. The van der Waals surface area contributed by atoms with Gasteiger partial charge in [0.05, 0.1) is 13.1 Å². The lowest BCUT2D eigenvalue weighted by atomic mass is 10.0. The number of quaternary nitrogens is 1. The van der Waals surface area contributed by atoms with Crippen molar-refractivity contribution in [3.05, 3.63) is 35.9 Å². The average molecular weight is 759 g/mol. The van der Waals surface area contributed by atoms with E-state index in [1.807, 2.05) is 0 Å². The van der Waals surface area contributed by atoms with E-state index < -0.39 is 0 Å². The van der Waals surface area contributed by atoms with Crippen LogP contribution in [0.5, 0.6) is 0 Å². The highest BCUT2D eigenvalue weighted by Crippen LogP contribution is 2.25. The fourth-order valence-corrected chi connectivity index (χ4v) is 8.30. The van der Waals surface area contributed by atoms with Gasteiger partial charge in [0.1, 0.15) is 13.1 Å². The topological polar surface area (TPSA) is 41.5 Å². The number of amidine groups is 1. The Morgan fingerprint density at radius 3 is 1.51 bits per heavy atom. The number of rotatable bonds is 36. The minimum Gasteiger partial charge on any atom is -1.00 e. The normalized spacial score (nSPS) is 15.6. The Bertz CT molecular complexity index is 996. The number of hydrogen-bond donors (Lipinski definition) is 1. The molecule has 1 atom stereocenters. The molecule has 308 valence electrons. The molecular formula is C48H88ClN3O. The maximum absolute atomic E-state index is 12.6. The highest BCUT2D eigenvalue weighted by Gasteiger charge is 2.37. The van der Waals surface area contributed by atoms with E-state index in [0.29, 0.717) is 6.42 Å². The summed E-state index contributed by atoms with van der Waals surface area (Å²) in [6.45, 7) is 14.3. The van der Waals surface area contributed by atoms with Crippen molar-refractivity contribution in [2.45, 2.75) is 220 Å². The molecule has 0 aliphatic carbocycles. The molecule has 0 radical (unpaired) electrons. The second kappa shape index (κ2) is 33.9. The summed E-state index contributed by atoms with van der Waals surface area (Å²) in [7, 11) is 0. The van der Waals surface area contributed by atoms with Crippen LogP contribution in [-0.2, 0) is 11.3 Å². The third-order valence-electron chi connectivity index (χ3n) is 11.7. The molecule has 53 heavy (non-hydrogen) atoms. The summed E-state index contributed by atoms with van der Waals surface area (Å²) in [6.07, 6.45) is 38.5. The van der Waals surface area contributed by atoms with Gasteiger partial charge in [-0.05, 0) is 24.7 Å². The Hall–Kier alpha value is -1.39. The van der Waals surface area contributed by atoms with Gasteiger partial charge in [-0.3, -0.25) is 9.28 Å². The van der Waals surface area contributed by atoms with Gasteiger partial charge in [0.2, 0.25) is 5.91 Å². The van der Waals surface area contributed by atoms with Gasteiger partial charge in [0.15, 0.2) is 5.84 Å². The summed E-state index contributed by atoms with van der Waals surface area (Å²) in [4.78, 5) is 17.7. The van der Waals surface area contributed by atoms with Crippen LogP contribution in [0.4, 0.5) is 0 Å². The molecule has 1 amide bonds. The lowest BCUT2D eigenvalue weighted by molar-refractivity contribution is -0.850. The molecule has 0 bridgehead atoms. The zero-order valence-corrected chi connectivity index (χ0v) is 36.5. The van der Waals surface area contributed by atoms with Crippen molar-refractivity contribution < 1.29 is 21.7 Å². The van der Waals surface area contributed by atoms with Crippen molar-refractivity contribution in [3.8, 4) is 0 Å². The van der Waals surface area contributed by atoms with Crippen LogP contribution < -0.4 is 17.7 Å². The van der Waals surface area contributed by atoms with E-state index in [1.165, 1.54) is 172 Å². The summed E-state index contributed by atoms with van der Waals surface area (Å²) in [6, 6.07) is 11.0. The van der Waals surface area contributed by atoms with Gasteiger partial charge in [0, 0.05) is 31.4 Å². The van der Waals surface area contributed by atoms with Crippen molar-refractivity contribution in [2.24, 2.45) is 16.8 Å². The van der Waals surface area contributed by atoms with Crippen LogP contribution in [0.1, 0.15) is 219 Å². The van der Waals surface area contributed by atoms with Crippen LogP contribution in [0, 0.1) is 11.8 Å². The molecule has 1 heterocycles. The molecule has 1 aromatic rings. The molecule has 1 N–H and O–H groups in total. The Balaban J connectivity index is 0.0000140. The first-order chi connectivity index (χ1) is 25.4. The first kappa shape index (κ1) is 49.6. The Morgan fingerprint density at radius 2 is 1.04 bits per heavy atom. The summed E-state index contributed by atoms with van der Waals surface area (Å²) >= 11 is 0. The molecule has 0 saturated carbocycles. The summed E-state index contributed by atoms with van der Waals surface area (Å²) in [5.74, 6) is 3.39. The molecule has 1 aromatic carbocycles. The number of unbranched alkanes of at least 4 members (excludes halogenated alkanes) is 22. The number of halogens is 1. The molecule has 4 nitrogen and oxygen atoms in total. The third kappa shape index (κ3) is 27.0. The number of nitrogens with one attached hydrogen (secondary N) is 1. The number of carbonyl (C=O) groups is 1. The van der Waals surface area contributed by atoms with Crippen molar-refractivity contribution in [1.82, 2.24) is 5.32 Å².